The normalized spacial score (nSPS) is 22.1. The zero-order valence-electron chi connectivity index (χ0n) is 17.7. The molecule has 1 amide bonds. The minimum Gasteiger partial charge on any atom is -0.378 e. The summed E-state index contributed by atoms with van der Waals surface area (Å²) in [4.78, 5) is 19.9. The van der Waals surface area contributed by atoms with Gasteiger partial charge >= 0.3 is 0 Å². The molecule has 1 saturated heterocycles. The second-order valence-electron chi connectivity index (χ2n) is 8.40. The fraction of sp³-hybridized carbons (Fsp3) is 0.600. The van der Waals surface area contributed by atoms with E-state index in [0.717, 1.165) is 43.9 Å². The van der Waals surface area contributed by atoms with Crippen LogP contribution in [0.1, 0.15) is 61.3 Å². The number of nitrogens with one attached hydrogen (secondary N) is 1. The number of ether oxygens (including phenoxy) is 1. The van der Waals surface area contributed by atoms with Crippen molar-refractivity contribution in [1.29, 1.82) is 0 Å². The first-order valence-corrected chi connectivity index (χ1v) is 11.7. The Morgan fingerprint density at radius 1 is 1.22 bits per heavy atom. The topological polar surface area (TPSA) is 89.6 Å². The van der Waals surface area contributed by atoms with Gasteiger partial charge in [-0.2, -0.15) is 9.61 Å². The molecule has 0 aromatic carbocycles. The molecule has 0 spiro atoms. The van der Waals surface area contributed by atoms with Gasteiger partial charge < -0.3 is 15.0 Å². The van der Waals surface area contributed by atoms with E-state index < -0.39 is 18.0 Å². The molecule has 5 rings (SSSR count). The molecular formula is C20H25F2N7O2S. The van der Waals surface area contributed by atoms with E-state index in [4.69, 9.17) is 4.74 Å². The van der Waals surface area contributed by atoms with Crippen LogP contribution in [0.25, 0.3) is 4.96 Å². The lowest BCUT2D eigenvalue weighted by Crippen LogP contribution is -2.36. The van der Waals surface area contributed by atoms with Crippen LogP contribution in [0.3, 0.4) is 0 Å². The van der Waals surface area contributed by atoms with Gasteiger partial charge in [0.1, 0.15) is 0 Å². The fourth-order valence-electron chi connectivity index (χ4n) is 4.26. The summed E-state index contributed by atoms with van der Waals surface area (Å²) in [5.41, 5.74) is -0.192. The maximum Gasteiger partial charge on any atom is 0.284 e. The number of alkyl halides is 2. The van der Waals surface area contributed by atoms with Crippen LogP contribution < -0.4 is 10.2 Å². The SMILES string of the molecule is C[C@H]1CC[C@H](n2cc(NC(=O)c3cnc4sc(N5CCOCC5)nn34)c(C(F)F)n2)CC1. The average Bonchev–Trinajstić information content (AvgIpc) is 3.49. The van der Waals surface area contributed by atoms with E-state index in [2.05, 4.69) is 32.3 Å². The number of imidazole rings is 1. The van der Waals surface area contributed by atoms with Crippen LogP contribution in [-0.2, 0) is 4.74 Å². The number of fused-ring (bicyclic) bond motifs is 1. The molecule has 32 heavy (non-hydrogen) atoms. The Balaban J connectivity index is 1.37. The molecule has 1 aliphatic carbocycles. The van der Waals surface area contributed by atoms with E-state index in [0.29, 0.717) is 24.1 Å². The minimum atomic E-state index is -2.79. The molecule has 4 heterocycles. The number of carbonyl (C=O) groups excluding carboxylic acids is 1. The molecule has 0 atom stereocenters. The van der Waals surface area contributed by atoms with Crippen LogP contribution in [0.2, 0.25) is 0 Å². The highest BCUT2D eigenvalue weighted by Crippen LogP contribution is 2.34. The lowest BCUT2D eigenvalue weighted by Gasteiger charge is -2.26. The number of morpholine rings is 1. The first-order chi connectivity index (χ1) is 15.5. The van der Waals surface area contributed by atoms with E-state index in [-0.39, 0.29) is 17.4 Å². The van der Waals surface area contributed by atoms with Gasteiger partial charge in [0.15, 0.2) is 11.4 Å². The third-order valence-corrected chi connectivity index (χ3v) is 7.15. The summed E-state index contributed by atoms with van der Waals surface area (Å²) in [5, 5.41) is 12.0. The second-order valence-corrected chi connectivity index (χ2v) is 9.33. The van der Waals surface area contributed by atoms with Gasteiger partial charge in [0, 0.05) is 19.3 Å². The molecule has 3 aromatic rings. The zero-order chi connectivity index (χ0) is 22.2. The number of aromatic nitrogens is 5. The van der Waals surface area contributed by atoms with Gasteiger partial charge in [-0.15, -0.1) is 5.10 Å². The Hall–Kier alpha value is -2.60. The van der Waals surface area contributed by atoms with Crippen LogP contribution in [0, 0.1) is 5.92 Å². The second kappa shape index (κ2) is 8.74. The molecule has 1 N–H and O–H groups in total. The van der Waals surface area contributed by atoms with Crippen LogP contribution >= 0.6 is 11.3 Å². The molecule has 2 aliphatic rings. The molecule has 1 aliphatic heterocycles. The molecule has 2 fully saturated rings. The smallest absolute Gasteiger partial charge is 0.284 e. The maximum atomic E-state index is 13.7. The Morgan fingerprint density at radius 3 is 2.69 bits per heavy atom. The molecule has 0 radical (unpaired) electrons. The first-order valence-electron chi connectivity index (χ1n) is 10.9. The molecule has 0 bridgehead atoms. The lowest BCUT2D eigenvalue weighted by atomic mass is 9.87. The summed E-state index contributed by atoms with van der Waals surface area (Å²) >= 11 is 1.37. The van der Waals surface area contributed by atoms with E-state index >= 15 is 0 Å². The summed E-state index contributed by atoms with van der Waals surface area (Å²) in [6.45, 7) is 4.88. The van der Waals surface area contributed by atoms with Crippen LogP contribution in [0.15, 0.2) is 12.4 Å². The fourth-order valence-corrected chi connectivity index (χ4v) is 5.19. The third-order valence-electron chi connectivity index (χ3n) is 6.16. The summed E-state index contributed by atoms with van der Waals surface area (Å²) in [7, 11) is 0. The van der Waals surface area contributed by atoms with Gasteiger partial charge in [0.2, 0.25) is 10.1 Å². The number of anilines is 2. The van der Waals surface area contributed by atoms with Crippen molar-refractivity contribution in [2.24, 2.45) is 5.92 Å². The van der Waals surface area contributed by atoms with Crippen LogP contribution in [0.4, 0.5) is 19.6 Å². The number of amides is 1. The van der Waals surface area contributed by atoms with Crippen LogP contribution in [-0.4, -0.2) is 56.6 Å². The predicted molar refractivity (Wildman–Crippen MR) is 116 cm³/mol. The number of halogens is 2. The van der Waals surface area contributed by atoms with Gasteiger partial charge in [-0.05, 0) is 31.6 Å². The van der Waals surface area contributed by atoms with Gasteiger partial charge in [0.25, 0.3) is 12.3 Å². The highest BCUT2D eigenvalue weighted by molar-refractivity contribution is 7.20. The summed E-state index contributed by atoms with van der Waals surface area (Å²) in [5.74, 6) is 0.0929. The zero-order valence-corrected chi connectivity index (χ0v) is 18.5. The van der Waals surface area contributed by atoms with E-state index in [1.165, 1.54) is 28.2 Å². The Bertz CT molecular complexity index is 1100. The molecule has 172 valence electrons. The van der Waals surface area contributed by atoms with Crippen molar-refractivity contribution in [3.8, 4) is 0 Å². The van der Waals surface area contributed by atoms with E-state index in [1.54, 1.807) is 4.68 Å². The number of nitrogens with zero attached hydrogens (tertiary/aromatic N) is 6. The number of carbonyl (C=O) groups is 1. The van der Waals surface area contributed by atoms with Crippen molar-refractivity contribution in [1.82, 2.24) is 24.4 Å². The molecule has 1 saturated carbocycles. The predicted octanol–water partition coefficient (Wildman–Crippen LogP) is 3.77. The average molecular weight is 466 g/mol. The van der Waals surface area contributed by atoms with Crippen molar-refractivity contribution >= 4 is 33.0 Å². The monoisotopic (exact) mass is 465 g/mol. The number of hydrogen-bond donors (Lipinski definition) is 1. The number of hydrogen-bond acceptors (Lipinski definition) is 7. The highest BCUT2D eigenvalue weighted by atomic mass is 32.1. The van der Waals surface area contributed by atoms with Crippen molar-refractivity contribution in [3.63, 3.8) is 0 Å². The molecular weight excluding hydrogens is 440 g/mol. The lowest BCUT2D eigenvalue weighted by molar-refractivity contribution is 0.101. The van der Waals surface area contributed by atoms with Crippen molar-refractivity contribution in [3.05, 3.63) is 23.8 Å². The van der Waals surface area contributed by atoms with Gasteiger partial charge in [-0.25, -0.2) is 13.8 Å². The molecule has 0 unspecified atom stereocenters. The standard InChI is InChI=1S/C20H25F2N7O2S/c1-12-2-4-13(5-3-12)28-11-14(16(25-28)17(21)22)24-18(30)15-10-23-19-29(15)26-20(32-19)27-6-8-31-9-7-27/h10-13,17H,2-9H2,1H3,(H,24,30)/t12-,13-. The summed E-state index contributed by atoms with van der Waals surface area (Å²) < 4.78 is 35.7. The van der Waals surface area contributed by atoms with Gasteiger partial charge in [-0.1, -0.05) is 18.3 Å². The Labute approximate surface area is 187 Å². The van der Waals surface area contributed by atoms with Crippen molar-refractivity contribution in [2.45, 2.75) is 45.1 Å². The Kier molecular flexibility index (Phi) is 5.80. The molecule has 12 heteroatoms. The van der Waals surface area contributed by atoms with Crippen molar-refractivity contribution < 1.29 is 18.3 Å². The summed E-state index contributed by atoms with van der Waals surface area (Å²) in [6.07, 6.45) is 4.02. The van der Waals surface area contributed by atoms with E-state index in [1.807, 2.05) is 0 Å². The molecule has 3 aromatic heterocycles. The maximum absolute atomic E-state index is 13.7. The first kappa shape index (κ1) is 21.3. The van der Waals surface area contributed by atoms with Gasteiger partial charge in [0.05, 0.1) is 31.1 Å². The third kappa shape index (κ3) is 4.08. The summed E-state index contributed by atoms with van der Waals surface area (Å²) in [6, 6.07) is 0.0747. The highest BCUT2D eigenvalue weighted by Gasteiger charge is 2.27. The van der Waals surface area contributed by atoms with Gasteiger partial charge in [-0.3, -0.25) is 9.48 Å². The van der Waals surface area contributed by atoms with Crippen LogP contribution in [0.5, 0.6) is 0 Å². The van der Waals surface area contributed by atoms with Crippen molar-refractivity contribution in [2.75, 3.05) is 36.5 Å². The minimum absolute atomic E-state index is 0.0298. The molecule has 9 nitrogen and oxygen atoms in total. The quantitative estimate of drug-likeness (QED) is 0.617. The number of rotatable bonds is 5. The largest absolute Gasteiger partial charge is 0.378 e. The van der Waals surface area contributed by atoms with E-state index in [9.17, 15) is 13.6 Å². The Morgan fingerprint density at radius 2 is 1.97 bits per heavy atom.